The van der Waals surface area contributed by atoms with Crippen molar-refractivity contribution in [1.29, 1.82) is 0 Å². The zero-order valence-electron chi connectivity index (χ0n) is 5.46. The Morgan fingerprint density at radius 1 is 1.78 bits per heavy atom. The van der Waals surface area contributed by atoms with E-state index < -0.39 is 0 Å². The predicted molar refractivity (Wildman–Crippen MR) is 38.0 cm³/mol. The summed E-state index contributed by atoms with van der Waals surface area (Å²) < 4.78 is 0. The van der Waals surface area contributed by atoms with Gasteiger partial charge in [-0.3, -0.25) is 0 Å². The molecule has 1 N–H and O–H groups in total. The molecule has 0 amide bonds. The van der Waals surface area contributed by atoms with E-state index in [4.69, 9.17) is 5.11 Å². The maximum Gasteiger partial charge on any atom is 0.0499 e. The summed E-state index contributed by atoms with van der Waals surface area (Å²) in [7, 11) is 0. The SMILES string of the molecule is C=C[C@H]1CC=C[C@H]1CO. The number of hydrogen-bond donors (Lipinski definition) is 1. The Hall–Kier alpha value is -0.560. The summed E-state index contributed by atoms with van der Waals surface area (Å²) in [5.74, 6) is 0.817. The van der Waals surface area contributed by atoms with Gasteiger partial charge in [-0.1, -0.05) is 18.2 Å². The molecule has 0 aliphatic heterocycles. The number of aliphatic hydroxyl groups is 1. The van der Waals surface area contributed by atoms with Gasteiger partial charge in [0.15, 0.2) is 0 Å². The van der Waals surface area contributed by atoms with Crippen molar-refractivity contribution in [3.63, 3.8) is 0 Å². The highest BCUT2D eigenvalue weighted by Crippen LogP contribution is 2.24. The largest absolute Gasteiger partial charge is 0.396 e. The van der Waals surface area contributed by atoms with Gasteiger partial charge in [0, 0.05) is 12.5 Å². The van der Waals surface area contributed by atoms with Gasteiger partial charge in [-0.05, 0) is 12.3 Å². The van der Waals surface area contributed by atoms with Crippen LogP contribution in [0.3, 0.4) is 0 Å². The molecule has 1 aliphatic rings. The Labute approximate surface area is 55.7 Å². The van der Waals surface area contributed by atoms with E-state index in [1.54, 1.807) is 0 Å². The standard InChI is InChI=1S/C8H12O/c1-2-7-4-3-5-8(7)6-9/h2-3,5,7-9H,1,4,6H2/t7-,8-/m0/s1. The highest BCUT2D eigenvalue weighted by atomic mass is 16.3. The van der Waals surface area contributed by atoms with Crippen molar-refractivity contribution in [2.75, 3.05) is 6.61 Å². The summed E-state index contributed by atoms with van der Waals surface area (Å²) >= 11 is 0. The monoisotopic (exact) mass is 124 g/mol. The molecule has 0 radical (unpaired) electrons. The zero-order chi connectivity index (χ0) is 6.69. The molecule has 1 rings (SSSR count). The van der Waals surface area contributed by atoms with E-state index in [1.807, 2.05) is 6.08 Å². The van der Waals surface area contributed by atoms with Crippen LogP contribution in [0.2, 0.25) is 0 Å². The average molecular weight is 124 g/mol. The molecule has 0 bridgehead atoms. The minimum absolute atomic E-state index is 0.257. The third kappa shape index (κ3) is 1.22. The highest BCUT2D eigenvalue weighted by Gasteiger charge is 2.17. The fourth-order valence-electron chi connectivity index (χ4n) is 1.20. The lowest BCUT2D eigenvalue weighted by Gasteiger charge is -2.10. The van der Waals surface area contributed by atoms with E-state index in [9.17, 15) is 0 Å². The van der Waals surface area contributed by atoms with Crippen LogP contribution < -0.4 is 0 Å². The molecule has 9 heavy (non-hydrogen) atoms. The van der Waals surface area contributed by atoms with Crippen LogP contribution in [0.4, 0.5) is 0 Å². The first-order valence-electron chi connectivity index (χ1n) is 3.28. The smallest absolute Gasteiger partial charge is 0.0499 e. The molecule has 0 saturated carbocycles. The molecule has 0 spiro atoms. The van der Waals surface area contributed by atoms with Crippen molar-refractivity contribution in [3.05, 3.63) is 24.8 Å². The molecule has 0 fully saturated rings. The minimum Gasteiger partial charge on any atom is -0.396 e. The predicted octanol–water partition coefficient (Wildman–Crippen LogP) is 1.36. The molecule has 0 heterocycles. The third-order valence-corrected chi connectivity index (χ3v) is 1.86. The van der Waals surface area contributed by atoms with Crippen molar-refractivity contribution in [1.82, 2.24) is 0 Å². The van der Waals surface area contributed by atoms with E-state index in [-0.39, 0.29) is 6.61 Å². The van der Waals surface area contributed by atoms with Gasteiger partial charge in [0.1, 0.15) is 0 Å². The van der Waals surface area contributed by atoms with Gasteiger partial charge >= 0.3 is 0 Å². The Morgan fingerprint density at radius 2 is 2.56 bits per heavy atom. The first-order chi connectivity index (χ1) is 4.38. The van der Waals surface area contributed by atoms with Crippen LogP contribution in [0.1, 0.15) is 6.42 Å². The summed E-state index contributed by atoms with van der Waals surface area (Å²) in [6.07, 6.45) is 7.13. The number of aliphatic hydroxyl groups excluding tert-OH is 1. The fourth-order valence-corrected chi connectivity index (χ4v) is 1.20. The van der Waals surface area contributed by atoms with Crippen LogP contribution in [0.5, 0.6) is 0 Å². The van der Waals surface area contributed by atoms with Gasteiger partial charge in [0.05, 0.1) is 0 Å². The first-order valence-corrected chi connectivity index (χ1v) is 3.28. The molecule has 0 saturated heterocycles. The Balaban J connectivity index is 2.48. The molecule has 50 valence electrons. The third-order valence-electron chi connectivity index (χ3n) is 1.86. The second kappa shape index (κ2) is 2.83. The van der Waals surface area contributed by atoms with Crippen LogP contribution in [-0.4, -0.2) is 11.7 Å². The molecule has 0 unspecified atom stereocenters. The fraction of sp³-hybridized carbons (Fsp3) is 0.500. The first kappa shape index (κ1) is 6.56. The van der Waals surface area contributed by atoms with Gasteiger partial charge in [-0.25, -0.2) is 0 Å². The number of rotatable bonds is 2. The Morgan fingerprint density at radius 3 is 3.00 bits per heavy atom. The normalized spacial score (nSPS) is 33.0. The minimum atomic E-state index is 0.257. The number of allylic oxidation sites excluding steroid dienone is 2. The lowest BCUT2D eigenvalue weighted by molar-refractivity contribution is 0.232. The van der Waals surface area contributed by atoms with E-state index in [2.05, 4.69) is 18.7 Å². The summed E-state index contributed by atoms with van der Waals surface area (Å²) in [6.45, 7) is 3.95. The van der Waals surface area contributed by atoms with Gasteiger partial charge in [0.25, 0.3) is 0 Å². The lowest BCUT2D eigenvalue weighted by atomic mass is 9.97. The van der Waals surface area contributed by atoms with Gasteiger partial charge in [-0.15, -0.1) is 6.58 Å². The summed E-state index contributed by atoms with van der Waals surface area (Å²) in [4.78, 5) is 0. The van der Waals surface area contributed by atoms with Crippen LogP contribution >= 0.6 is 0 Å². The van der Waals surface area contributed by atoms with E-state index in [0.717, 1.165) is 6.42 Å². The zero-order valence-corrected chi connectivity index (χ0v) is 5.46. The Bertz CT molecular complexity index is 127. The van der Waals surface area contributed by atoms with Crippen LogP contribution in [-0.2, 0) is 0 Å². The second-order valence-electron chi connectivity index (χ2n) is 2.41. The molecule has 0 aromatic rings. The van der Waals surface area contributed by atoms with Gasteiger partial charge < -0.3 is 5.11 Å². The van der Waals surface area contributed by atoms with Crippen molar-refractivity contribution in [3.8, 4) is 0 Å². The summed E-state index contributed by atoms with van der Waals surface area (Å²) in [5.41, 5.74) is 0. The molecule has 2 atom stereocenters. The van der Waals surface area contributed by atoms with E-state index in [1.165, 1.54) is 0 Å². The second-order valence-corrected chi connectivity index (χ2v) is 2.41. The molecular formula is C8H12O. The van der Waals surface area contributed by atoms with Crippen LogP contribution in [0.25, 0.3) is 0 Å². The van der Waals surface area contributed by atoms with E-state index in [0.29, 0.717) is 11.8 Å². The lowest BCUT2D eigenvalue weighted by Crippen LogP contribution is -2.08. The van der Waals surface area contributed by atoms with Crippen molar-refractivity contribution in [2.45, 2.75) is 6.42 Å². The van der Waals surface area contributed by atoms with Gasteiger partial charge in [0.2, 0.25) is 0 Å². The van der Waals surface area contributed by atoms with Crippen molar-refractivity contribution < 1.29 is 5.11 Å². The quantitative estimate of drug-likeness (QED) is 0.551. The Kier molecular flexibility index (Phi) is 2.06. The molecule has 0 aromatic carbocycles. The molecule has 1 nitrogen and oxygen atoms in total. The van der Waals surface area contributed by atoms with Crippen LogP contribution in [0.15, 0.2) is 24.8 Å². The molecule has 1 heteroatoms. The topological polar surface area (TPSA) is 20.2 Å². The van der Waals surface area contributed by atoms with Crippen molar-refractivity contribution in [2.24, 2.45) is 11.8 Å². The maximum atomic E-state index is 8.77. The number of hydrogen-bond acceptors (Lipinski definition) is 1. The average Bonchev–Trinajstić information content (AvgIpc) is 2.33. The van der Waals surface area contributed by atoms with E-state index >= 15 is 0 Å². The molecule has 1 aliphatic carbocycles. The summed E-state index contributed by atoms with van der Waals surface area (Å²) in [6, 6.07) is 0. The summed E-state index contributed by atoms with van der Waals surface area (Å²) in [5, 5.41) is 8.77. The molecular weight excluding hydrogens is 112 g/mol. The maximum absolute atomic E-state index is 8.77. The van der Waals surface area contributed by atoms with Crippen molar-refractivity contribution >= 4 is 0 Å². The van der Waals surface area contributed by atoms with Crippen LogP contribution in [0, 0.1) is 11.8 Å². The molecule has 0 aromatic heterocycles. The highest BCUT2D eigenvalue weighted by molar-refractivity contribution is 5.06. The van der Waals surface area contributed by atoms with Gasteiger partial charge in [-0.2, -0.15) is 0 Å².